The molecule has 2 aliphatic heterocycles. The standard InChI is InChI=1S/C11H11BN2O5S/c15-8-2-1-7(10(16)13-8)14-3-5-6(12(18)19)4-20-9(5)11(14)17/h4,7,18-19H,1-3H2,(H,13,15,16). The van der Waals surface area contributed by atoms with Crippen LogP contribution < -0.4 is 10.8 Å². The zero-order valence-electron chi connectivity index (χ0n) is 10.3. The van der Waals surface area contributed by atoms with Crippen molar-refractivity contribution in [2.75, 3.05) is 0 Å². The first-order valence-electron chi connectivity index (χ1n) is 6.10. The fourth-order valence-corrected chi connectivity index (χ4v) is 3.61. The number of rotatable bonds is 2. The van der Waals surface area contributed by atoms with Crippen molar-refractivity contribution in [1.29, 1.82) is 0 Å². The lowest BCUT2D eigenvalue weighted by Crippen LogP contribution is -2.52. The highest BCUT2D eigenvalue weighted by atomic mass is 32.1. The molecule has 20 heavy (non-hydrogen) atoms. The molecular formula is C11H11BN2O5S. The fraction of sp³-hybridized carbons (Fsp3) is 0.364. The van der Waals surface area contributed by atoms with Gasteiger partial charge in [-0.1, -0.05) is 0 Å². The van der Waals surface area contributed by atoms with E-state index in [0.717, 1.165) is 11.3 Å². The zero-order valence-corrected chi connectivity index (χ0v) is 11.1. The van der Waals surface area contributed by atoms with Crippen molar-refractivity contribution in [2.45, 2.75) is 25.4 Å². The molecule has 1 unspecified atom stereocenters. The Kier molecular flexibility index (Phi) is 3.11. The highest BCUT2D eigenvalue weighted by Crippen LogP contribution is 2.29. The van der Waals surface area contributed by atoms with Crippen LogP contribution in [0.5, 0.6) is 0 Å². The molecule has 7 nitrogen and oxygen atoms in total. The Bertz CT molecular complexity index is 614. The van der Waals surface area contributed by atoms with Gasteiger partial charge in [0.2, 0.25) is 11.8 Å². The average molecular weight is 294 g/mol. The first-order chi connectivity index (χ1) is 9.49. The molecule has 0 spiro atoms. The number of carbonyl (C=O) groups excluding carboxylic acids is 3. The van der Waals surface area contributed by atoms with Crippen LogP contribution in [0.4, 0.5) is 0 Å². The topological polar surface area (TPSA) is 107 Å². The van der Waals surface area contributed by atoms with E-state index < -0.39 is 19.1 Å². The van der Waals surface area contributed by atoms with Crippen LogP contribution in [0.2, 0.25) is 0 Å². The molecule has 0 aliphatic carbocycles. The molecule has 104 valence electrons. The van der Waals surface area contributed by atoms with Gasteiger partial charge in [0.15, 0.2) is 0 Å². The predicted octanol–water partition coefficient (Wildman–Crippen LogP) is -1.81. The monoisotopic (exact) mass is 294 g/mol. The van der Waals surface area contributed by atoms with Gasteiger partial charge in [0.05, 0.1) is 4.88 Å². The number of thiophene rings is 1. The molecule has 0 radical (unpaired) electrons. The van der Waals surface area contributed by atoms with Crippen LogP contribution in [0.15, 0.2) is 5.38 Å². The van der Waals surface area contributed by atoms with E-state index in [2.05, 4.69) is 5.32 Å². The summed E-state index contributed by atoms with van der Waals surface area (Å²) in [6.45, 7) is 0.164. The fourth-order valence-electron chi connectivity index (χ4n) is 2.56. The van der Waals surface area contributed by atoms with E-state index in [1.54, 1.807) is 0 Å². The van der Waals surface area contributed by atoms with Gasteiger partial charge in [-0.25, -0.2) is 0 Å². The summed E-state index contributed by atoms with van der Waals surface area (Å²) in [5.74, 6) is -1.11. The first-order valence-corrected chi connectivity index (χ1v) is 6.98. The lowest BCUT2D eigenvalue weighted by Gasteiger charge is -2.29. The second kappa shape index (κ2) is 4.69. The van der Waals surface area contributed by atoms with Gasteiger partial charge < -0.3 is 14.9 Å². The first kappa shape index (κ1) is 13.3. The van der Waals surface area contributed by atoms with Gasteiger partial charge in [0.1, 0.15) is 6.04 Å². The average Bonchev–Trinajstić information content (AvgIpc) is 2.91. The molecule has 3 N–H and O–H groups in total. The quantitative estimate of drug-likeness (QED) is 0.440. The van der Waals surface area contributed by atoms with E-state index in [4.69, 9.17) is 0 Å². The van der Waals surface area contributed by atoms with Gasteiger partial charge in [0.25, 0.3) is 5.91 Å². The van der Waals surface area contributed by atoms with Crippen LogP contribution in [-0.2, 0) is 16.1 Å². The Morgan fingerprint density at radius 1 is 1.35 bits per heavy atom. The lowest BCUT2D eigenvalue weighted by molar-refractivity contribution is -0.136. The minimum absolute atomic E-state index is 0.164. The maximum atomic E-state index is 12.3. The second-order valence-electron chi connectivity index (χ2n) is 4.77. The van der Waals surface area contributed by atoms with Crippen LogP contribution >= 0.6 is 11.3 Å². The number of nitrogens with zero attached hydrogens (tertiary/aromatic N) is 1. The highest BCUT2D eigenvalue weighted by Gasteiger charge is 2.41. The zero-order chi connectivity index (χ0) is 14.4. The molecule has 1 saturated heterocycles. The largest absolute Gasteiger partial charge is 0.489 e. The summed E-state index contributed by atoms with van der Waals surface area (Å²) in [4.78, 5) is 37.0. The number of nitrogens with one attached hydrogen (secondary N) is 1. The molecule has 0 bridgehead atoms. The normalized spacial score (nSPS) is 22.0. The molecule has 0 saturated carbocycles. The third-order valence-electron chi connectivity index (χ3n) is 3.57. The number of hydrogen-bond acceptors (Lipinski definition) is 6. The molecule has 1 aromatic heterocycles. The van der Waals surface area contributed by atoms with E-state index in [9.17, 15) is 24.4 Å². The maximum Gasteiger partial charge on any atom is 0.489 e. The van der Waals surface area contributed by atoms with Crippen LogP contribution in [0.25, 0.3) is 0 Å². The number of amides is 3. The minimum atomic E-state index is -1.63. The number of imide groups is 1. The van der Waals surface area contributed by atoms with Crippen LogP contribution in [-0.4, -0.2) is 45.8 Å². The summed E-state index contributed by atoms with van der Waals surface area (Å²) in [5.41, 5.74) is 0.854. The van der Waals surface area contributed by atoms with Crippen molar-refractivity contribution in [1.82, 2.24) is 10.2 Å². The summed E-state index contributed by atoms with van der Waals surface area (Å²) in [7, 11) is -1.63. The van der Waals surface area contributed by atoms with E-state index in [1.165, 1.54) is 10.3 Å². The molecule has 3 heterocycles. The number of fused-ring (bicyclic) bond motifs is 1. The summed E-state index contributed by atoms with van der Waals surface area (Å²) >= 11 is 1.13. The van der Waals surface area contributed by atoms with Gasteiger partial charge in [-0.15, -0.1) is 11.3 Å². The van der Waals surface area contributed by atoms with E-state index in [0.29, 0.717) is 22.3 Å². The SMILES string of the molecule is O=C1CCC(N2Cc3c(B(O)O)csc3C2=O)C(=O)N1. The molecular weight excluding hydrogens is 283 g/mol. The summed E-state index contributed by atoms with van der Waals surface area (Å²) in [6, 6.07) is -0.677. The third kappa shape index (κ3) is 1.94. The Morgan fingerprint density at radius 2 is 2.10 bits per heavy atom. The summed E-state index contributed by atoms with van der Waals surface area (Å²) in [5, 5.41) is 22.3. The smallest absolute Gasteiger partial charge is 0.423 e. The lowest BCUT2D eigenvalue weighted by atomic mass is 9.79. The molecule has 1 aromatic rings. The van der Waals surface area contributed by atoms with Gasteiger partial charge in [-0.2, -0.15) is 0 Å². The van der Waals surface area contributed by atoms with Crippen molar-refractivity contribution in [3.63, 3.8) is 0 Å². The van der Waals surface area contributed by atoms with Crippen LogP contribution in [0.1, 0.15) is 28.1 Å². The molecule has 9 heteroatoms. The molecule has 1 fully saturated rings. The summed E-state index contributed by atoms with van der Waals surface area (Å²) < 4.78 is 0. The molecule has 3 amide bonds. The molecule has 0 aromatic carbocycles. The third-order valence-corrected chi connectivity index (χ3v) is 4.60. The molecule has 1 atom stereocenters. The Balaban J connectivity index is 1.86. The van der Waals surface area contributed by atoms with Crippen LogP contribution in [0, 0.1) is 0 Å². The number of piperidine rings is 1. The van der Waals surface area contributed by atoms with E-state index >= 15 is 0 Å². The predicted molar refractivity (Wildman–Crippen MR) is 70.2 cm³/mol. The molecule has 2 aliphatic rings. The number of carbonyl (C=O) groups is 3. The van der Waals surface area contributed by atoms with Gasteiger partial charge >= 0.3 is 7.12 Å². The Labute approximate surface area is 118 Å². The van der Waals surface area contributed by atoms with E-state index in [-0.39, 0.29) is 24.8 Å². The second-order valence-corrected chi connectivity index (χ2v) is 5.65. The maximum absolute atomic E-state index is 12.3. The van der Waals surface area contributed by atoms with Gasteiger partial charge in [0, 0.05) is 13.0 Å². The van der Waals surface area contributed by atoms with Crippen LogP contribution in [0.3, 0.4) is 0 Å². The minimum Gasteiger partial charge on any atom is -0.423 e. The summed E-state index contributed by atoms with van der Waals surface area (Å²) in [6.07, 6.45) is 0.492. The van der Waals surface area contributed by atoms with Crippen molar-refractivity contribution >= 4 is 41.6 Å². The van der Waals surface area contributed by atoms with Crippen molar-refractivity contribution < 1.29 is 24.4 Å². The van der Waals surface area contributed by atoms with Crippen molar-refractivity contribution in [2.24, 2.45) is 0 Å². The van der Waals surface area contributed by atoms with Crippen molar-refractivity contribution in [3.8, 4) is 0 Å². The van der Waals surface area contributed by atoms with Crippen molar-refractivity contribution in [3.05, 3.63) is 15.8 Å². The van der Waals surface area contributed by atoms with E-state index in [1.807, 2.05) is 0 Å². The number of hydrogen-bond donors (Lipinski definition) is 3. The Morgan fingerprint density at radius 3 is 2.75 bits per heavy atom. The molecule has 3 rings (SSSR count). The van der Waals surface area contributed by atoms with Gasteiger partial charge in [-0.05, 0) is 22.8 Å². The Hall–Kier alpha value is -1.71. The van der Waals surface area contributed by atoms with Gasteiger partial charge in [-0.3, -0.25) is 19.7 Å². The highest BCUT2D eigenvalue weighted by molar-refractivity contribution is 7.13.